The van der Waals surface area contributed by atoms with Gasteiger partial charge in [0.1, 0.15) is 5.82 Å². The van der Waals surface area contributed by atoms with E-state index < -0.39 is 0 Å². The van der Waals surface area contributed by atoms with E-state index in [1.165, 1.54) is 0 Å². The Labute approximate surface area is 103 Å². The molecule has 2 aromatic rings. The summed E-state index contributed by atoms with van der Waals surface area (Å²) in [6.07, 6.45) is 0.774. The Bertz CT molecular complexity index is 523. The number of fused-ring (bicyclic) bond motifs is 1. The first-order chi connectivity index (χ1) is 7.56. The van der Waals surface area contributed by atoms with Gasteiger partial charge in [-0.25, -0.2) is 9.97 Å². The van der Waals surface area contributed by atoms with Gasteiger partial charge in [0.2, 0.25) is 0 Å². The van der Waals surface area contributed by atoms with Crippen LogP contribution in [0.2, 0.25) is 0 Å². The molecule has 1 unspecified atom stereocenters. The number of nitrogens with zero attached hydrogens (tertiary/aromatic N) is 2. The van der Waals surface area contributed by atoms with Crippen LogP contribution in [0.3, 0.4) is 0 Å². The van der Waals surface area contributed by atoms with E-state index in [0.29, 0.717) is 0 Å². The van der Waals surface area contributed by atoms with Crippen molar-refractivity contribution in [2.24, 2.45) is 5.73 Å². The minimum absolute atomic E-state index is 0.108. The van der Waals surface area contributed by atoms with Gasteiger partial charge in [-0.15, -0.1) is 0 Å². The summed E-state index contributed by atoms with van der Waals surface area (Å²) in [6, 6.07) is 6.15. The Balaban J connectivity index is 2.64. The van der Waals surface area contributed by atoms with E-state index in [2.05, 4.69) is 25.9 Å². The lowest BCUT2D eigenvalue weighted by atomic mass is 10.1. The predicted octanol–water partition coefficient (Wildman–Crippen LogP) is 2.59. The molecule has 1 aromatic carbocycles. The van der Waals surface area contributed by atoms with E-state index in [0.717, 1.165) is 33.3 Å². The van der Waals surface area contributed by atoms with Crippen molar-refractivity contribution in [1.82, 2.24) is 9.97 Å². The van der Waals surface area contributed by atoms with E-state index in [1.54, 1.807) is 0 Å². The molecule has 0 aliphatic rings. The molecule has 1 heterocycles. The van der Waals surface area contributed by atoms with Crippen LogP contribution in [-0.2, 0) is 6.42 Å². The Morgan fingerprint density at radius 1 is 1.38 bits per heavy atom. The van der Waals surface area contributed by atoms with Crippen LogP contribution in [0.15, 0.2) is 22.7 Å². The Morgan fingerprint density at radius 3 is 2.81 bits per heavy atom. The first kappa shape index (κ1) is 11.5. The molecule has 1 atom stereocenters. The number of nitrogens with two attached hydrogens (primary N) is 1. The Morgan fingerprint density at radius 2 is 2.12 bits per heavy atom. The first-order valence-corrected chi connectivity index (χ1v) is 6.04. The van der Waals surface area contributed by atoms with Crippen LogP contribution < -0.4 is 5.73 Å². The van der Waals surface area contributed by atoms with Gasteiger partial charge in [-0.05, 0) is 32.0 Å². The molecule has 0 aliphatic heterocycles. The van der Waals surface area contributed by atoms with Crippen molar-refractivity contribution in [1.29, 1.82) is 0 Å². The van der Waals surface area contributed by atoms with Gasteiger partial charge in [-0.3, -0.25) is 0 Å². The molecule has 4 heteroatoms. The zero-order valence-electron chi connectivity index (χ0n) is 9.37. The smallest absolute Gasteiger partial charge is 0.126 e. The number of hydrogen-bond donors (Lipinski definition) is 1. The highest BCUT2D eigenvalue weighted by Crippen LogP contribution is 2.21. The molecule has 0 radical (unpaired) electrons. The second kappa shape index (κ2) is 4.47. The van der Waals surface area contributed by atoms with E-state index >= 15 is 0 Å². The van der Waals surface area contributed by atoms with Gasteiger partial charge in [0.05, 0.1) is 11.2 Å². The molecule has 0 fully saturated rings. The summed E-state index contributed by atoms with van der Waals surface area (Å²) in [5, 5.41) is 1.08. The van der Waals surface area contributed by atoms with E-state index in [1.807, 2.05) is 32.0 Å². The van der Waals surface area contributed by atoms with Gasteiger partial charge in [0.25, 0.3) is 0 Å². The van der Waals surface area contributed by atoms with Crippen molar-refractivity contribution < 1.29 is 0 Å². The number of benzene rings is 1. The third kappa shape index (κ3) is 2.39. The summed E-state index contributed by atoms with van der Waals surface area (Å²) >= 11 is 3.46. The Kier molecular flexibility index (Phi) is 3.21. The molecule has 16 heavy (non-hydrogen) atoms. The standard InChI is InChI=1S/C12H14BrN3/c1-7(14)5-12-10-6-9(13)3-4-11(10)15-8(2)16-12/h3-4,6-7H,5,14H2,1-2H3. The number of aryl methyl sites for hydroxylation is 1. The highest BCUT2D eigenvalue weighted by molar-refractivity contribution is 9.10. The molecule has 0 spiro atoms. The largest absolute Gasteiger partial charge is 0.328 e. The van der Waals surface area contributed by atoms with Gasteiger partial charge in [-0.2, -0.15) is 0 Å². The van der Waals surface area contributed by atoms with Gasteiger partial charge in [0, 0.05) is 22.3 Å². The van der Waals surface area contributed by atoms with Crippen molar-refractivity contribution in [3.63, 3.8) is 0 Å². The normalized spacial score (nSPS) is 13.0. The van der Waals surface area contributed by atoms with Crippen LogP contribution in [0.5, 0.6) is 0 Å². The second-order valence-corrected chi connectivity index (χ2v) is 4.98. The summed E-state index contributed by atoms with van der Waals surface area (Å²) < 4.78 is 1.04. The lowest BCUT2D eigenvalue weighted by Crippen LogP contribution is -2.19. The average Bonchev–Trinajstić information content (AvgIpc) is 2.18. The minimum Gasteiger partial charge on any atom is -0.328 e. The molecular weight excluding hydrogens is 266 g/mol. The number of aromatic nitrogens is 2. The monoisotopic (exact) mass is 279 g/mol. The molecule has 3 nitrogen and oxygen atoms in total. The molecule has 0 saturated heterocycles. The van der Waals surface area contributed by atoms with Crippen LogP contribution in [0, 0.1) is 6.92 Å². The molecule has 0 amide bonds. The van der Waals surface area contributed by atoms with E-state index in [-0.39, 0.29) is 6.04 Å². The Hall–Kier alpha value is -1.00. The number of halogens is 1. The molecule has 2 N–H and O–H groups in total. The summed E-state index contributed by atoms with van der Waals surface area (Å²) in [5.74, 6) is 0.797. The van der Waals surface area contributed by atoms with Crippen molar-refractivity contribution in [3.8, 4) is 0 Å². The second-order valence-electron chi connectivity index (χ2n) is 4.06. The highest BCUT2D eigenvalue weighted by atomic mass is 79.9. The van der Waals surface area contributed by atoms with Gasteiger partial charge in [-0.1, -0.05) is 15.9 Å². The summed E-state index contributed by atoms with van der Waals surface area (Å²) in [5.41, 5.74) is 7.84. The van der Waals surface area contributed by atoms with Crippen LogP contribution in [0.4, 0.5) is 0 Å². The van der Waals surface area contributed by atoms with Crippen molar-refractivity contribution in [3.05, 3.63) is 34.2 Å². The lowest BCUT2D eigenvalue weighted by Gasteiger charge is -2.09. The van der Waals surface area contributed by atoms with Crippen molar-refractivity contribution >= 4 is 26.8 Å². The van der Waals surface area contributed by atoms with Crippen LogP contribution in [0.25, 0.3) is 10.9 Å². The predicted molar refractivity (Wildman–Crippen MR) is 69.3 cm³/mol. The summed E-state index contributed by atoms with van der Waals surface area (Å²) in [6.45, 7) is 3.90. The quantitative estimate of drug-likeness (QED) is 0.919. The van der Waals surface area contributed by atoms with E-state index in [9.17, 15) is 0 Å². The fourth-order valence-corrected chi connectivity index (χ4v) is 2.11. The fourth-order valence-electron chi connectivity index (χ4n) is 1.75. The molecule has 84 valence electrons. The molecule has 0 bridgehead atoms. The van der Waals surface area contributed by atoms with Gasteiger partial charge in [0.15, 0.2) is 0 Å². The minimum atomic E-state index is 0.108. The third-order valence-corrected chi connectivity index (χ3v) is 2.86. The zero-order chi connectivity index (χ0) is 11.7. The van der Waals surface area contributed by atoms with Crippen LogP contribution in [0.1, 0.15) is 18.4 Å². The molecule has 1 aromatic heterocycles. The lowest BCUT2D eigenvalue weighted by molar-refractivity contribution is 0.722. The molecule has 2 rings (SSSR count). The maximum Gasteiger partial charge on any atom is 0.126 e. The maximum absolute atomic E-state index is 5.83. The SMILES string of the molecule is Cc1nc(CC(C)N)c2cc(Br)ccc2n1. The topological polar surface area (TPSA) is 51.8 Å². The van der Waals surface area contributed by atoms with Gasteiger partial charge >= 0.3 is 0 Å². The summed E-state index contributed by atoms with van der Waals surface area (Å²) in [4.78, 5) is 8.88. The maximum atomic E-state index is 5.83. The molecular formula is C12H14BrN3. The fraction of sp³-hybridized carbons (Fsp3) is 0.333. The average molecular weight is 280 g/mol. The van der Waals surface area contributed by atoms with Crippen LogP contribution in [-0.4, -0.2) is 16.0 Å². The zero-order valence-corrected chi connectivity index (χ0v) is 11.0. The van der Waals surface area contributed by atoms with Crippen molar-refractivity contribution in [2.75, 3.05) is 0 Å². The number of rotatable bonds is 2. The first-order valence-electron chi connectivity index (χ1n) is 5.24. The number of hydrogen-bond acceptors (Lipinski definition) is 3. The van der Waals surface area contributed by atoms with Crippen LogP contribution >= 0.6 is 15.9 Å². The highest BCUT2D eigenvalue weighted by Gasteiger charge is 2.08. The molecule has 0 aliphatic carbocycles. The summed E-state index contributed by atoms with van der Waals surface area (Å²) in [7, 11) is 0. The van der Waals surface area contributed by atoms with E-state index in [4.69, 9.17) is 5.73 Å². The third-order valence-electron chi connectivity index (χ3n) is 2.36. The molecule has 0 saturated carbocycles. The van der Waals surface area contributed by atoms with Crippen molar-refractivity contribution in [2.45, 2.75) is 26.3 Å². The van der Waals surface area contributed by atoms with Gasteiger partial charge < -0.3 is 5.73 Å².